The Labute approximate surface area is 92.0 Å². The lowest BCUT2D eigenvalue weighted by Crippen LogP contribution is -2.00. The number of carboxylic acids is 1. The lowest BCUT2D eigenvalue weighted by Gasteiger charge is -1.97. The summed E-state index contributed by atoms with van der Waals surface area (Å²) in [5.41, 5.74) is 1.82. The lowest BCUT2D eigenvalue weighted by atomic mass is 10.3. The Morgan fingerprint density at radius 2 is 2.19 bits per heavy atom. The fourth-order valence-corrected chi connectivity index (χ4v) is 1.53. The molecule has 84 valence electrons. The average Bonchev–Trinajstić information content (AvgIpc) is 2.57. The van der Waals surface area contributed by atoms with Gasteiger partial charge >= 0.3 is 5.97 Å². The second-order valence-electron chi connectivity index (χ2n) is 3.67. The first-order chi connectivity index (χ1) is 7.56. The summed E-state index contributed by atoms with van der Waals surface area (Å²) in [4.78, 5) is 18.8. The number of rotatable bonds is 3. The van der Waals surface area contributed by atoms with E-state index < -0.39 is 5.97 Å². The number of carboxylic acid groups (broad SMARTS) is 1. The highest BCUT2D eigenvalue weighted by molar-refractivity contribution is 5.66. The topological polar surface area (TPSA) is 80.4 Å². The minimum Gasteiger partial charge on any atom is -0.481 e. The van der Waals surface area contributed by atoms with Crippen molar-refractivity contribution in [3.63, 3.8) is 0 Å². The Bertz CT molecular complexity index is 547. The van der Waals surface area contributed by atoms with Crippen LogP contribution in [0.4, 0.5) is 0 Å². The minimum atomic E-state index is -0.847. The first kappa shape index (κ1) is 10.5. The fraction of sp³-hybridized carbons (Fsp3) is 0.400. The van der Waals surface area contributed by atoms with E-state index in [9.17, 15) is 4.79 Å². The van der Waals surface area contributed by atoms with Crippen molar-refractivity contribution < 1.29 is 9.90 Å². The molecule has 0 aromatic carbocycles. The monoisotopic (exact) mass is 220 g/mol. The van der Waals surface area contributed by atoms with Gasteiger partial charge in [0.05, 0.1) is 6.42 Å². The lowest BCUT2D eigenvalue weighted by molar-refractivity contribution is -0.137. The Balaban J connectivity index is 2.36. The summed E-state index contributed by atoms with van der Waals surface area (Å²) in [5.74, 6) is 0.196. The predicted molar refractivity (Wildman–Crippen MR) is 56.2 cm³/mol. The number of fused-ring (bicyclic) bond motifs is 1. The largest absolute Gasteiger partial charge is 0.481 e. The molecule has 0 saturated carbocycles. The van der Waals surface area contributed by atoms with Crippen LogP contribution >= 0.6 is 0 Å². The predicted octanol–water partition coefficient (Wildman–Crippen LogP) is 0.758. The van der Waals surface area contributed by atoms with Gasteiger partial charge in [0.2, 0.25) is 0 Å². The van der Waals surface area contributed by atoms with Crippen LogP contribution in [-0.4, -0.2) is 30.7 Å². The maximum absolute atomic E-state index is 10.4. The van der Waals surface area contributed by atoms with Crippen LogP contribution in [0.2, 0.25) is 0 Å². The average molecular weight is 220 g/mol. The SMILES string of the molecule is Cc1cc(C)n2nc(CCC(=O)O)nc2n1. The van der Waals surface area contributed by atoms with Gasteiger partial charge in [0.15, 0.2) is 5.82 Å². The molecule has 2 heterocycles. The van der Waals surface area contributed by atoms with Crippen LogP contribution in [0.1, 0.15) is 23.6 Å². The molecule has 0 bridgehead atoms. The Morgan fingerprint density at radius 1 is 1.44 bits per heavy atom. The highest BCUT2D eigenvalue weighted by Crippen LogP contribution is 2.06. The molecule has 2 aromatic heterocycles. The van der Waals surface area contributed by atoms with Gasteiger partial charge in [-0.3, -0.25) is 4.79 Å². The summed E-state index contributed by atoms with van der Waals surface area (Å²) in [7, 11) is 0. The smallest absolute Gasteiger partial charge is 0.303 e. The molecule has 2 rings (SSSR count). The van der Waals surface area contributed by atoms with E-state index in [-0.39, 0.29) is 6.42 Å². The van der Waals surface area contributed by atoms with Gasteiger partial charge in [0, 0.05) is 17.8 Å². The molecule has 0 aliphatic heterocycles. The number of nitrogens with zero attached hydrogens (tertiary/aromatic N) is 4. The van der Waals surface area contributed by atoms with Gasteiger partial charge < -0.3 is 5.11 Å². The fourth-order valence-electron chi connectivity index (χ4n) is 1.53. The van der Waals surface area contributed by atoms with Gasteiger partial charge in [-0.15, -0.1) is 5.10 Å². The van der Waals surface area contributed by atoms with Crippen LogP contribution in [0.15, 0.2) is 6.07 Å². The first-order valence-corrected chi connectivity index (χ1v) is 4.98. The quantitative estimate of drug-likeness (QED) is 0.825. The minimum absolute atomic E-state index is 0.0366. The summed E-state index contributed by atoms with van der Waals surface area (Å²) in [6, 6.07) is 1.91. The molecular weight excluding hydrogens is 208 g/mol. The summed E-state index contributed by atoms with van der Waals surface area (Å²) in [6.07, 6.45) is 0.367. The van der Waals surface area contributed by atoms with Gasteiger partial charge in [-0.05, 0) is 19.9 Å². The van der Waals surface area contributed by atoms with Gasteiger partial charge in [0.1, 0.15) is 0 Å². The number of carbonyl (C=O) groups is 1. The van der Waals surface area contributed by atoms with Crippen molar-refractivity contribution in [3.8, 4) is 0 Å². The second-order valence-corrected chi connectivity index (χ2v) is 3.67. The Hall–Kier alpha value is -1.98. The van der Waals surface area contributed by atoms with Crippen molar-refractivity contribution >= 4 is 11.7 Å². The molecular formula is C10H12N4O2. The third-order valence-corrected chi connectivity index (χ3v) is 2.22. The molecule has 16 heavy (non-hydrogen) atoms. The van der Waals surface area contributed by atoms with Crippen LogP contribution in [0.3, 0.4) is 0 Å². The molecule has 6 heteroatoms. The normalized spacial score (nSPS) is 10.9. The molecule has 0 atom stereocenters. The zero-order chi connectivity index (χ0) is 11.7. The number of aliphatic carboxylic acids is 1. The Kier molecular flexibility index (Phi) is 2.55. The van der Waals surface area contributed by atoms with Crippen LogP contribution < -0.4 is 0 Å². The molecule has 0 radical (unpaired) electrons. The summed E-state index contributed by atoms with van der Waals surface area (Å²) < 4.78 is 1.63. The zero-order valence-electron chi connectivity index (χ0n) is 9.14. The van der Waals surface area contributed by atoms with Gasteiger partial charge in [-0.1, -0.05) is 0 Å². The molecule has 0 saturated heterocycles. The molecule has 0 spiro atoms. The zero-order valence-corrected chi connectivity index (χ0v) is 9.14. The number of hydrogen-bond acceptors (Lipinski definition) is 4. The van der Waals surface area contributed by atoms with E-state index in [4.69, 9.17) is 5.11 Å². The molecule has 1 N–H and O–H groups in total. The van der Waals surface area contributed by atoms with Gasteiger partial charge in [0.25, 0.3) is 5.78 Å². The Morgan fingerprint density at radius 3 is 2.88 bits per heavy atom. The van der Waals surface area contributed by atoms with Crippen molar-refractivity contribution in [3.05, 3.63) is 23.3 Å². The maximum Gasteiger partial charge on any atom is 0.303 e. The van der Waals surface area contributed by atoms with Gasteiger partial charge in [-0.25, -0.2) is 9.50 Å². The molecule has 0 aliphatic carbocycles. The number of aromatic nitrogens is 4. The highest BCUT2D eigenvalue weighted by Gasteiger charge is 2.08. The van der Waals surface area contributed by atoms with Crippen molar-refractivity contribution in [2.45, 2.75) is 26.7 Å². The maximum atomic E-state index is 10.4. The molecule has 2 aromatic rings. The van der Waals surface area contributed by atoms with E-state index >= 15 is 0 Å². The van der Waals surface area contributed by atoms with E-state index in [1.165, 1.54) is 0 Å². The summed E-state index contributed by atoms with van der Waals surface area (Å²) >= 11 is 0. The number of aryl methyl sites for hydroxylation is 3. The molecule has 0 unspecified atom stereocenters. The van der Waals surface area contributed by atoms with E-state index in [1.807, 2.05) is 19.9 Å². The standard InChI is InChI=1S/C10H12N4O2/c1-6-5-7(2)14-10(11-6)12-8(13-14)3-4-9(15)16/h5H,3-4H2,1-2H3,(H,15,16). The molecule has 0 amide bonds. The van der Waals surface area contributed by atoms with Crippen LogP contribution in [0, 0.1) is 13.8 Å². The van der Waals surface area contributed by atoms with Crippen LogP contribution in [0.25, 0.3) is 5.78 Å². The van der Waals surface area contributed by atoms with E-state index in [2.05, 4.69) is 15.1 Å². The molecule has 0 aliphatic rings. The second kappa shape index (κ2) is 3.88. The van der Waals surface area contributed by atoms with E-state index in [1.54, 1.807) is 4.52 Å². The third-order valence-electron chi connectivity index (χ3n) is 2.22. The summed E-state index contributed by atoms with van der Waals surface area (Å²) in [6.45, 7) is 3.80. The van der Waals surface area contributed by atoms with E-state index in [0.29, 0.717) is 18.0 Å². The summed E-state index contributed by atoms with van der Waals surface area (Å²) in [5, 5.41) is 12.8. The van der Waals surface area contributed by atoms with Crippen molar-refractivity contribution in [2.24, 2.45) is 0 Å². The number of hydrogen-bond donors (Lipinski definition) is 1. The molecule has 6 nitrogen and oxygen atoms in total. The van der Waals surface area contributed by atoms with E-state index in [0.717, 1.165) is 11.4 Å². The third kappa shape index (κ3) is 2.00. The van der Waals surface area contributed by atoms with Gasteiger partial charge in [-0.2, -0.15) is 4.98 Å². The molecule has 0 fully saturated rings. The van der Waals surface area contributed by atoms with Crippen molar-refractivity contribution in [2.75, 3.05) is 0 Å². The first-order valence-electron chi connectivity index (χ1n) is 4.98. The van der Waals surface area contributed by atoms with Crippen molar-refractivity contribution in [1.29, 1.82) is 0 Å². The highest BCUT2D eigenvalue weighted by atomic mass is 16.4. The van der Waals surface area contributed by atoms with Crippen molar-refractivity contribution in [1.82, 2.24) is 19.6 Å². The van der Waals surface area contributed by atoms with Crippen LogP contribution in [-0.2, 0) is 11.2 Å². The van der Waals surface area contributed by atoms with Crippen LogP contribution in [0.5, 0.6) is 0 Å².